The van der Waals surface area contributed by atoms with Gasteiger partial charge in [0.1, 0.15) is 5.70 Å². The molecular formula is C36H31ClN4O3S2. The lowest BCUT2D eigenvalue weighted by Crippen LogP contribution is -2.30. The maximum Gasteiger partial charge on any atom is 0.272 e. The highest BCUT2D eigenvalue weighted by atomic mass is 35.5. The van der Waals surface area contributed by atoms with Gasteiger partial charge in [0.15, 0.2) is 5.13 Å². The molecular weight excluding hydrogens is 636 g/mol. The molecule has 0 atom stereocenters. The van der Waals surface area contributed by atoms with E-state index in [1.165, 1.54) is 28.7 Å². The van der Waals surface area contributed by atoms with Gasteiger partial charge in [-0.1, -0.05) is 80.0 Å². The number of amides is 3. The first-order valence-electron chi connectivity index (χ1n) is 14.5. The van der Waals surface area contributed by atoms with Crippen LogP contribution < -0.4 is 16.0 Å². The van der Waals surface area contributed by atoms with Gasteiger partial charge in [0, 0.05) is 32.1 Å². The Balaban J connectivity index is 1.19. The first kappa shape index (κ1) is 32.7. The fourth-order valence-corrected chi connectivity index (χ4v) is 5.87. The smallest absolute Gasteiger partial charge is 0.272 e. The summed E-state index contributed by atoms with van der Waals surface area (Å²) < 4.78 is 0. The van der Waals surface area contributed by atoms with E-state index in [9.17, 15) is 14.4 Å². The maximum atomic E-state index is 13.4. The van der Waals surface area contributed by atoms with Gasteiger partial charge in [0.2, 0.25) is 5.91 Å². The quantitative estimate of drug-likeness (QED) is 0.0967. The number of thioether (sulfide) groups is 1. The molecule has 4 aromatic carbocycles. The third-order valence-corrected chi connectivity index (χ3v) is 8.84. The van der Waals surface area contributed by atoms with E-state index in [1.807, 2.05) is 60.0 Å². The molecule has 0 fully saturated rings. The zero-order valence-electron chi connectivity index (χ0n) is 25.1. The van der Waals surface area contributed by atoms with E-state index in [4.69, 9.17) is 11.6 Å². The van der Waals surface area contributed by atoms with Crippen molar-refractivity contribution in [3.63, 3.8) is 0 Å². The number of carbonyl (C=O) groups is 3. The van der Waals surface area contributed by atoms with Gasteiger partial charge in [0.25, 0.3) is 11.8 Å². The molecule has 0 unspecified atom stereocenters. The Kier molecular flexibility index (Phi) is 11.0. The monoisotopic (exact) mass is 666 g/mol. The van der Waals surface area contributed by atoms with E-state index in [1.54, 1.807) is 54.6 Å². The zero-order valence-corrected chi connectivity index (χ0v) is 27.5. The minimum absolute atomic E-state index is 0.114. The molecule has 3 N–H and O–H groups in total. The summed E-state index contributed by atoms with van der Waals surface area (Å²) in [6.07, 6.45) is 1.66. The summed E-state index contributed by atoms with van der Waals surface area (Å²) in [7, 11) is 0. The molecule has 3 amide bonds. The van der Waals surface area contributed by atoms with E-state index in [2.05, 4.69) is 34.8 Å². The van der Waals surface area contributed by atoms with Crippen LogP contribution >= 0.6 is 34.7 Å². The predicted octanol–water partition coefficient (Wildman–Crippen LogP) is 8.73. The lowest BCUT2D eigenvalue weighted by molar-refractivity contribution is -0.114. The number of benzene rings is 4. The van der Waals surface area contributed by atoms with Crippen molar-refractivity contribution >= 4 is 69.3 Å². The number of rotatable bonds is 11. The highest BCUT2D eigenvalue weighted by Crippen LogP contribution is 2.27. The summed E-state index contributed by atoms with van der Waals surface area (Å²) >= 11 is 8.69. The molecule has 0 spiro atoms. The Morgan fingerprint density at radius 1 is 0.870 bits per heavy atom. The van der Waals surface area contributed by atoms with Gasteiger partial charge in [-0.3, -0.25) is 14.4 Å². The summed E-state index contributed by atoms with van der Waals surface area (Å²) in [4.78, 5) is 44.2. The third-order valence-electron chi connectivity index (χ3n) is 6.82. The molecule has 46 heavy (non-hydrogen) atoms. The summed E-state index contributed by atoms with van der Waals surface area (Å²) in [5.74, 6) is -0.454. The molecule has 0 saturated heterocycles. The van der Waals surface area contributed by atoms with Gasteiger partial charge >= 0.3 is 0 Å². The lowest BCUT2D eigenvalue weighted by Gasteiger charge is -2.12. The van der Waals surface area contributed by atoms with Crippen molar-refractivity contribution < 1.29 is 14.4 Å². The Labute approximate surface area is 281 Å². The molecule has 1 heterocycles. The highest BCUT2D eigenvalue weighted by Gasteiger charge is 2.16. The maximum absolute atomic E-state index is 13.4. The fourth-order valence-electron chi connectivity index (χ4n) is 4.31. The molecule has 0 saturated carbocycles. The van der Waals surface area contributed by atoms with Crippen LogP contribution in [-0.2, 0) is 9.59 Å². The number of aromatic nitrogens is 1. The molecule has 1 aromatic heterocycles. The van der Waals surface area contributed by atoms with Crippen molar-refractivity contribution in [2.24, 2.45) is 0 Å². The Hall–Kier alpha value is -4.70. The SMILES string of the molecule is CC(C)c1ccc(/C=C(\NC(=O)c2ccccc2)C(=O)Nc2ccc(SCC(=O)Nc3nc(-c4ccc(Cl)cc4)cs3)cc2)cc1. The average Bonchev–Trinajstić information content (AvgIpc) is 3.53. The van der Waals surface area contributed by atoms with Crippen LogP contribution in [0.25, 0.3) is 17.3 Å². The van der Waals surface area contributed by atoms with E-state index < -0.39 is 5.91 Å². The van der Waals surface area contributed by atoms with Gasteiger partial charge < -0.3 is 16.0 Å². The summed E-state index contributed by atoms with van der Waals surface area (Å²) in [6, 6.07) is 31.1. The molecule has 232 valence electrons. The zero-order chi connectivity index (χ0) is 32.5. The molecule has 0 radical (unpaired) electrons. The van der Waals surface area contributed by atoms with Crippen LogP contribution in [0.4, 0.5) is 10.8 Å². The average molecular weight is 667 g/mol. The van der Waals surface area contributed by atoms with Gasteiger partial charge in [-0.15, -0.1) is 23.1 Å². The first-order valence-corrected chi connectivity index (χ1v) is 16.7. The van der Waals surface area contributed by atoms with Crippen LogP contribution in [0.15, 0.2) is 119 Å². The van der Waals surface area contributed by atoms with Crippen molar-refractivity contribution in [2.75, 3.05) is 16.4 Å². The number of nitrogens with zero attached hydrogens (tertiary/aromatic N) is 1. The van der Waals surface area contributed by atoms with Crippen LogP contribution in [0.1, 0.15) is 41.3 Å². The summed E-state index contributed by atoms with van der Waals surface area (Å²) in [5.41, 5.74) is 4.76. The minimum Gasteiger partial charge on any atom is -0.321 e. The fraction of sp³-hybridized carbons (Fsp3) is 0.111. The number of carbonyl (C=O) groups excluding carboxylic acids is 3. The van der Waals surface area contributed by atoms with Crippen molar-refractivity contribution in [2.45, 2.75) is 24.7 Å². The molecule has 0 aliphatic carbocycles. The molecule has 10 heteroatoms. The second-order valence-corrected chi connectivity index (χ2v) is 12.9. The molecule has 5 rings (SSSR count). The number of hydrogen-bond donors (Lipinski definition) is 3. The van der Waals surface area contributed by atoms with Gasteiger partial charge in [-0.05, 0) is 71.7 Å². The van der Waals surface area contributed by atoms with E-state index in [0.717, 1.165) is 21.7 Å². The third kappa shape index (κ3) is 9.17. The van der Waals surface area contributed by atoms with Crippen LogP contribution in [0.5, 0.6) is 0 Å². The number of nitrogens with one attached hydrogen (secondary N) is 3. The van der Waals surface area contributed by atoms with E-state index in [-0.39, 0.29) is 23.3 Å². The summed E-state index contributed by atoms with van der Waals surface area (Å²) in [6.45, 7) is 4.23. The molecule has 5 aromatic rings. The van der Waals surface area contributed by atoms with Crippen LogP contribution in [0, 0.1) is 0 Å². The van der Waals surface area contributed by atoms with E-state index in [0.29, 0.717) is 27.3 Å². The largest absolute Gasteiger partial charge is 0.321 e. The second-order valence-electron chi connectivity index (χ2n) is 10.6. The predicted molar refractivity (Wildman–Crippen MR) is 189 cm³/mol. The Morgan fingerprint density at radius 2 is 1.57 bits per heavy atom. The van der Waals surface area contributed by atoms with Gasteiger partial charge in [0.05, 0.1) is 11.4 Å². The number of halogens is 1. The standard InChI is InChI=1S/C36H31ClN4O3S2/c1-23(2)25-10-8-24(9-11-25)20-31(39-34(43)27-6-4-3-5-7-27)35(44)38-29-16-18-30(19-17-29)45-22-33(42)41-36-40-32(21-46-36)26-12-14-28(37)15-13-26/h3-21,23H,22H2,1-2H3,(H,38,44)(H,39,43)(H,40,41,42)/b31-20-. The number of anilines is 2. The first-order chi connectivity index (χ1) is 22.2. The Bertz CT molecular complexity index is 1840. The molecule has 7 nitrogen and oxygen atoms in total. The summed E-state index contributed by atoms with van der Waals surface area (Å²) in [5, 5.41) is 11.5. The number of hydrogen-bond acceptors (Lipinski definition) is 6. The van der Waals surface area contributed by atoms with Crippen LogP contribution in [0.2, 0.25) is 5.02 Å². The van der Waals surface area contributed by atoms with Crippen molar-refractivity contribution in [3.05, 3.63) is 136 Å². The van der Waals surface area contributed by atoms with Gasteiger partial charge in [-0.2, -0.15) is 0 Å². The van der Waals surface area contributed by atoms with Crippen molar-refractivity contribution in [1.82, 2.24) is 10.3 Å². The second kappa shape index (κ2) is 15.5. The molecule has 0 aliphatic heterocycles. The number of thiazole rings is 1. The van der Waals surface area contributed by atoms with Crippen molar-refractivity contribution in [3.8, 4) is 11.3 Å². The van der Waals surface area contributed by atoms with Gasteiger partial charge in [-0.25, -0.2) is 4.98 Å². The van der Waals surface area contributed by atoms with Crippen LogP contribution in [0.3, 0.4) is 0 Å². The lowest BCUT2D eigenvalue weighted by atomic mass is 10.0. The minimum atomic E-state index is -0.460. The Morgan fingerprint density at radius 3 is 2.24 bits per heavy atom. The highest BCUT2D eigenvalue weighted by molar-refractivity contribution is 8.00. The van der Waals surface area contributed by atoms with Crippen molar-refractivity contribution in [1.29, 1.82) is 0 Å². The molecule has 0 bridgehead atoms. The van der Waals surface area contributed by atoms with Crippen LogP contribution in [-0.4, -0.2) is 28.5 Å². The van der Waals surface area contributed by atoms with E-state index >= 15 is 0 Å². The molecule has 0 aliphatic rings. The topological polar surface area (TPSA) is 100 Å². The normalized spacial score (nSPS) is 11.3.